The summed E-state index contributed by atoms with van der Waals surface area (Å²) in [6.07, 6.45) is 6.08. The highest BCUT2D eigenvalue weighted by atomic mass is 19.1. The molecule has 3 fully saturated rings. The highest BCUT2D eigenvalue weighted by Gasteiger charge is 2.45. The molecule has 0 radical (unpaired) electrons. The van der Waals surface area contributed by atoms with Gasteiger partial charge in [0.05, 0.1) is 55.4 Å². The summed E-state index contributed by atoms with van der Waals surface area (Å²) in [7, 11) is 0. The zero-order chi connectivity index (χ0) is 57.1. The first-order valence-corrected chi connectivity index (χ1v) is 28.1. The Labute approximate surface area is 473 Å². The van der Waals surface area contributed by atoms with Crippen LogP contribution in [0.2, 0.25) is 0 Å². The number of ether oxygens (including phenoxy) is 3. The van der Waals surface area contributed by atoms with Crippen molar-refractivity contribution in [3.8, 4) is 28.6 Å². The van der Waals surface area contributed by atoms with Crippen molar-refractivity contribution in [2.75, 3.05) is 85.2 Å². The summed E-state index contributed by atoms with van der Waals surface area (Å²) in [5.74, 6) is 0.157. The van der Waals surface area contributed by atoms with Crippen LogP contribution in [0.3, 0.4) is 0 Å². The molecule has 0 saturated carbocycles. The maximum absolute atomic E-state index is 15.5. The van der Waals surface area contributed by atoms with Gasteiger partial charge in [-0.25, -0.2) is 46.5 Å². The van der Waals surface area contributed by atoms with Crippen LogP contribution in [0.25, 0.3) is 11.4 Å². The predicted octanol–water partition coefficient (Wildman–Crippen LogP) is 7.37. The Hall–Kier alpha value is -8.34. The van der Waals surface area contributed by atoms with Gasteiger partial charge in [-0.15, -0.1) is 0 Å². The van der Waals surface area contributed by atoms with Crippen molar-refractivity contribution in [3.05, 3.63) is 173 Å². The average Bonchev–Trinajstić information content (AvgIpc) is 4.51. The summed E-state index contributed by atoms with van der Waals surface area (Å²) in [5, 5.41) is 33.3. The van der Waals surface area contributed by atoms with E-state index in [1.807, 2.05) is 92.7 Å². The molecular formula is C60H69F2N13O7. The molecule has 8 aromatic rings. The Morgan fingerprint density at radius 3 is 1.57 bits per heavy atom. The second-order valence-corrected chi connectivity index (χ2v) is 21.5. The van der Waals surface area contributed by atoms with E-state index < -0.39 is 41.5 Å². The number of halogens is 2. The van der Waals surface area contributed by atoms with Crippen LogP contribution in [0.1, 0.15) is 64.6 Å². The minimum Gasteiger partial charge on any atom is -0.489 e. The molecule has 0 aliphatic carbocycles. The number of benzene rings is 5. The lowest BCUT2D eigenvalue weighted by Gasteiger charge is -2.37. The first-order chi connectivity index (χ1) is 39.8. The highest BCUT2D eigenvalue weighted by molar-refractivity contribution is 5.60. The van der Waals surface area contributed by atoms with Crippen molar-refractivity contribution in [2.45, 2.75) is 83.4 Å². The van der Waals surface area contributed by atoms with Crippen molar-refractivity contribution < 1.29 is 33.2 Å². The summed E-state index contributed by atoms with van der Waals surface area (Å²) in [4.78, 5) is 39.9. The Kier molecular flexibility index (Phi) is 16.3. The third-order valence-electron chi connectivity index (χ3n) is 16.2. The van der Waals surface area contributed by atoms with E-state index in [2.05, 4.69) is 52.0 Å². The molecule has 0 bridgehead atoms. The van der Waals surface area contributed by atoms with Gasteiger partial charge in [-0.1, -0.05) is 19.9 Å². The van der Waals surface area contributed by atoms with E-state index in [0.29, 0.717) is 47.9 Å². The van der Waals surface area contributed by atoms with Gasteiger partial charge >= 0.3 is 11.4 Å². The summed E-state index contributed by atoms with van der Waals surface area (Å²) >= 11 is 0. The number of piperazine rings is 2. The van der Waals surface area contributed by atoms with Gasteiger partial charge in [0.1, 0.15) is 48.3 Å². The second-order valence-electron chi connectivity index (χ2n) is 21.5. The number of hydrogen-bond acceptors (Lipinski definition) is 15. The molecule has 2 N–H and O–H groups in total. The van der Waals surface area contributed by atoms with Crippen LogP contribution in [-0.4, -0.2) is 131 Å². The van der Waals surface area contributed by atoms with Crippen molar-refractivity contribution in [1.29, 1.82) is 0 Å². The lowest BCUT2D eigenvalue weighted by molar-refractivity contribution is -0.0206. The third kappa shape index (κ3) is 11.6. The van der Waals surface area contributed by atoms with Crippen LogP contribution in [-0.2, 0) is 16.9 Å². The Morgan fingerprint density at radius 2 is 1.10 bits per heavy atom. The van der Waals surface area contributed by atoms with Gasteiger partial charge in [0, 0.05) is 98.7 Å². The zero-order valence-electron chi connectivity index (χ0n) is 46.5. The van der Waals surface area contributed by atoms with E-state index in [4.69, 9.17) is 14.2 Å². The molecule has 430 valence electrons. The smallest absolute Gasteiger partial charge is 0.350 e. The van der Waals surface area contributed by atoms with E-state index in [-0.39, 0.29) is 42.6 Å². The van der Waals surface area contributed by atoms with Crippen LogP contribution in [0, 0.1) is 17.6 Å². The van der Waals surface area contributed by atoms with Gasteiger partial charge in [0.25, 0.3) is 0 Å². The molecule has 3 aromatic heterocycles. The lowest BCUT2D eigenvalue weighted by Crippen LogP contribution is -2.46. The van der Waals surface area contributed by atoms with Crippen LogP contribution in [0.5, 0.6) is 17.2 Å². The maximum Gasteiger partial charge on any atom is 0.350 e. The lowest BCUT2D eigenvalue weighted by atomic mass is 9.87. The van der Waals surface area contributed by atoms with E-state index >= 15 is 4.39 Å². The van der Waals surface area contributed by atoms with E-state index in [1.54, 1.807) is 24.9 Å². The van der Waals surface area contributed by atoms with Crippen molar-refractivity contribution >= 4 is 22.7 Å². The van der Waals surface area contributed by atoms with Gasteiger partial charge in [-0.05, 0) is 124 Å². The first-order valence-electron chi connectivity index (χ1n) is 28.1. The minimum atomic E-state index is -1.14. The summed E-state index contributed by atoms with van der Waals surface area (Å²) in [6.45, 7) is 14.0. The molecular weight excluding hydrogens is 1050 g/mol. The van der Waals surface area contributed by atoms with Gasteiger partial charge in [-0.3, -0.25) is 0 Å². The van der Waals surface area contributed by atoms with Crippen molar-refractivity contribution in [1.82, 2.24) is 43.5 Å². The van der Waals surface area contributed by atoms with Crippen LogP contribution in [0.4, 0.5) is 31.5 Å². The molecule has 6 heterocycles. The van der Waals surface area contributed by atoms with E-state index in [9.17, 15) is 24.2 Å². The van der Waals surface area contributed by atoms with Gasteiger partial charge in [-0.2, -0.15) is 15.3 Å². The number of nitrogens with zero attached hydrogens (tertiary/aromatic N) is 13. The minimum absolute atomic E-state index is 0.165. The van der Waals surface area contributed by atoms with Gasteiger partial charge < -0.3 is 44.0 Å². The third-order valence-corrected chi connectivity index (χ3v) is 16.2. The fraction of sp³-hybridized carbons (Fsp3) is 0.400. The summed E-state index contributed by atoms with van der Waals surface area (Å²) < 4.78 is 56.8. The van der Waals surface area contributed by atoms with Gasteiger partial charge in [0.15, 0.2) is 11.5 Å². The number of aromatic nitrogens is 9. The predicted molar refractivity (Wildman–Crippen MR) is 307 cm³/mol. The fourth-order valence-corrected chi connectivity index (χ4v) is 11.7. The van der Waals surface area contributed by atoms with Gasteiger partial charge in [0.2, 0.25) is 0 Å². The molecule has 82 heavy (non-hydrogen) atoms. The summed E-state index contributed by atoms with van der Waals surface area (Å²) in [6, 6.07) is 32.6. The number of rotatable bonds is 20. The van der Waals surface area contributed by atoms with Crippen LogP contribution < -0.4 is 40.5 Å². The molecule has 20 nitrogen and oxygen atoms in total. The molecule has 3 aliphatic rings. The molecule has 0 spiro atoms. The SMILES string of the molecule is CC[C@@H]([C@H](C)O)n1ncn(-c2ccc(N3CCN(c4ccc(Oc5cc(N6CCN(c7ccc(-n8cnn([C@@H](CC)[C@H](C)O)c8=O)cc7)CC6)ccc5OC[C@@H]5CO[C@@](Cn6cncn6)(c6ccc(F)cc6F)C5)cc4)CC3)cc2)c1=O. The number of anilines is 4. The monoisotopic (exact) mass is 1120 g/mol. The normalized spacial score (nSPS) is 19.1. The number of hydrogen-bond donors (Lipinski definition) is 2. The summed E-state index contributed by atoms with van der Waals surface area (Å²) in [5.41, 5.74) is 4.05. The molecule has 3 aliphatic heterocycles. The topological polar surface area (TPSA) is 191 Å². The Balaban J connectivity index is 0.768. The Morgan fingerprint density at radius 1 is 0.610 bits per heavy atom. The average molecular weight is 1120 g/mol. The highest BCUT2D eigenvalue weighted by Crippen LogP contribution is 2.43. The maximum atomic E-state index is 15.5. The number of aliphatic hydroxyl groups excluding tert-OH is 2. The fourth-order valence-electron chi connectivity index (χ4n) is 11.7. The second kappa shape index (κ2) is 24.0. The largest absolute Gasteiger partial charge is 0.489 e. The van der Waals surface area contributed by atoms with E-state index in [1.165, 1.54) is 49.6 Å². The molecule has 0 amide bonds. The quantitative estimate of drug-likeness (QED) is 0.0769. The molecule has 0 unspecified atom stereocenters. The molecule has 11 rings (SSSR count). The Bertz CT molecular complexity index is 3540. The molecule has 6 atom stereocenters. The zero-order valence-corrected chi connectivity index (χ0v) is 46.5. The number of aliphatic hydroxyl groups is 2. The first kappa shape index (κ1) is 55.6. The standard InChI is InChI=1S/C60H69F2N13O7/c1-5-54(41(3)76)74-58(78)72(39-65-74)48-12-8-45(9-13-48)67-23-25-69(26-24-67)47-16-19-51(20-17-47)82-57-32-50(70-29-27-68(28-30-70)46-10-14-49(15-11-46)73-40-66-75(59(73)79)55(6-2)42(4)77)18-22-56(57)80-34-43-33-60(81-35-43,36-71-38-63-37-64-71)52-21-7-44(61)31-53(52)62/h7-22,31-32,37-43,54-55,76-77H,5-6,23-30,33-36H2,1-4H3/t41-,42-,43+,54-,55-,60-/m0/s1. The molecule has 5 aromatic carbocycles. The van der Waals surface area contributed by atoms with Crippen molar-refractivity contribution in [2.24, 2.45) is 5.92 Å². The van der Waals surface area contributed by atoms with Crippen LogP contribution in [0.15, 0.2) is 144 Å². The van der Waals surface area contributed by atoms with E-state index in [0.717, 1.165) is 81.2 Å². The molecule has 22 heteroatoms. The van der Waals surface area contributed by atoms with Crippen molar-refractivity contribution in [3.63, 3.8) is 0 Å². The molecule has 3 saturated heterocycles. The van der Waals surface area contributed by atoms with Crippen LogP contribution >= 0.6 is 0 Å².